The van der Waals surface area contributed by atoms with Crippen LogP contribution in [-0.4, -0.2) is 58.2 Å². The number of aryl methyl sites for hydroxylation is 2. The highest BCUT2D eigenvalue weighted by molar-refractivity contribution is 6.06. The monoisotopic (exact) mass is 499 g/mol. The van der Waals surface area contributed by atoms with Crippen LogP contribution in [0.5, 0.6) is 0 Å². The normalized spacial score (nSPS) is 19.2. The molecule has 0 N–H and O–H groups in total. The SMILES string of the molecule is Cc1cccc(N2CCN(C(=O)CCn3nc(C(=O)N4c5ccccc5C[C@H]4C)ccc3=O)C[C@H]2C)c1. The molecule has 8 heteroatoms. The quantitative estimate of drug-likeness (QED) is 0.539. The van der Waals surface area contributed by atoms with E-state index in [4.69, 9.17) is 0 Å². The average Bonchev–Trinajstić information content (AvgIpc) is 3.23. The third-order valence-corrected chi connectivity index (χ3v) is 7.36. The number of fused-ring (bicyclic) bond motifs is 1. The van der Waals surface area contributed by atoms with Gasteiger partial charge in [0.25, 0.3) is 11.5 Å². The van der Waals surface area contributed by atoms with E-state index in [0.29, 0.717) is 13.1 Å². The molecule has 0 radical (unpaired) electrons. The Bertz CT molecular complexity index is 1380. The Balaban J connectivity index is 1.23. The van der Waals surface area contributed by atoms with E-state index in [1.807, 2.05) is 36.1 Å². The maximum Gasteiger partial charge on any atom is 0.278 e. The van der Waals surface area contributed by atoms with E-state index in [1.165, 1.54) is 28.1 Å². The van der Waals surface area contributed by atoms with E-state index in [9.17, 15) is 14.4 Å². The lowest BCUT2D eigenvalue weighted by atomic mass is 10.1. The minimum atomic E-state index is -0.322. The molecule has 2 aromatic carbocycles. The van der Waals surface area contributed by atoms with Gasteiger partial charge in [0.2, 0.25) is 5.91 Å². The Labute approximate surface area is 217 Å². The Hall–Kier alpha value is -3.94. The van der Waals surface area contributed by atoms with Gasteiger partial charge >= 0.3 is 0 Å². The molecule has 0 aliphatic carbocycles. The van der Waals surface area contributed by atoms with Crippen LogP contribution in [0.25, 0.3) is 0 Å². The van der Waals surface area contributed by atoms with E-state index in [0.717, 1.165) is 24.2 Å². The van der Waals surface area contributed by atoms with Crippen molar-refractivity contribution in [3.8, 4) is 0 Å². The molecule has 3 aromatic rings. The van der Waals surface area contributed by atoms with E-state index in [1.54, 1.807) is 4.90 Å². The molecule has 8 nitrogen and oxygen atoms in total. The van der Waals surface area contributed by atoms with Gasteiger partial charge in [0, 0.05) is 55.6 Å². The lowest BCUT2D eigenvalue weighted by Crippen LogP contribution is -2.54. The molecule has 192 valence electrons. The molecule has 1 saturated heterocycles. The van der Waals surface area contributed by atoms with Gasteiger partial charge in [-0.2, -0.15) is 5.10 Å². The van der Waals surface area contributed by atoms with Crippen molar-refractivity contribution in [3.63, 3.8) is 0 Å². The highest BCUT2D eigenvalue weighted by atomic mass is 16.2. The Morgan fingerprint density at radius 3 is 2.57 bits per heavy atom. The van der Waals surface area contributed by atoms with Crippen molar-refractivity contribution in [3.05, 3.63) is 87.8 Å². The summed E-state index contributed by atoms with van der Waals surface area (Å²) in [4.78, 5) is 44.8. The first-order chi connectivity index (χ1) is 17.8. The average molecular weight is 500 g/mol. The number of piperazine rings is 1. The lowest BCUT2D eigenvalue weighted by molar-refractivity contribution is -0.132. The van der Waals surface area contributed by atoms with Crippen LogP contribution in [0.1, 0.15) is 41.9 Å². The largest absolute Gasteiger partial charge is 0.365 e. The molecule has 37 heavy (non-hydrogen) atoms. The van der Waals surface area contributed by atoms with Crippen molar-refractivity contribution in [2.24, 2.45) is 0 Å². The first kappa shape index (κ1) is 24.7. The third-order valence-electron chi connectivity index (χ3n) is 7.36. The molecule has 2 aliphatic rings. The number of anilines is 2. The number of rotatable bonds is 5. The number of nitrogens with zero attached hydrogens (tertiary/aromatic N) is 5. The van der Waals surface area contributed by atoms with Gasteiger partial charge < -0.3 is 14.7 Å². The van der Waals surface area contributed by atoms with E-state index < -0.39 is 0 Å². The molecule has 1 fully saturated rings. The molecule has 0 bridgehead atoms. The van der Waals surface area contributed by atoms with Crippen LogP contribution in [0.3, 0.4) is 0 Å². The third kappa shape index (κ3) is 5.01. The smallest absolute Gasteiger partial charge is 0.278 e. The highest BCUT2D eigenvalue weighted by Gasteiger charge is 2.32. The second kappa shape index (κ2) is 10.2. The number of hydrogen-bond acceptors (Lipinski definition) is 5. The van der Waals surface area contributed by atoms with Gasteiger partial charge in [0.05, 0.1) is 6.54 Å². The van der Waals surface area contributed by atoms with Crippen LogP contribution < -0.4 is 15.4 Å². The van der Waals surface area contributed by atoms with Crippen molar-refractivity contribution in [2.45, 2.75) is 52.2 Å². The van der Waals surface area contributed by atoms with Gasteiger partial charge in [-0.1, -0.05) is 30.3 Å². The van der Waals surface area contributed by atoms with Crippen LogP contribution in [0.2, 0.25) is 0 Å². The fraction of sp³-hybridized carbons (Fsp3) is 0.379. The van der Waals surface area contributed by atoms with Crippen LogP contribution in [0, 0.1) is 6.92 Å². The number of hydrogen-bond donors (Lipinski definition) is 0. The summed E-state index contributed by atoms with van der Waals surface area (Å²) in [6, 6.07) is 19.3. The summed E-state index contributed by atoms with van der Waals surface area (Å²) >= 11 is 0. The molecular formula is C29H33N5O3. The highest BCUT2D eigenvalue weighted by Crippen LogP contribution is 2.32. The Morgan fingerprint density at radius 1 is 0.973 bits per heavy atom. The number of amides is 2. The zero-order valence-corrected chi connectivity index (χ0v) is 21.6. The molecule has 0 unspecified atom stereocenters. The predicted molar refractivity (Wildman–Crippen MR) is 144 cm³/mol. The summed E-state index contributed by atoms with van der Waals surface area (Å²) in [6.45, 7) is 8.36. The van der Waals surface area contributed by atoms with Crippen LogP contribution in [0.4, 0.5) is 11.4 Å². The molecule has 1 aromatic heterocycles. The van der Waals surface area contributed by atoms with Gasteiger partial charge in [-0.3, -0.25) is 14.4 Å². The minimum Gasteiger partial charge on any atom is -0.365 e. The van der Waals surface area contributed by atoms with Crippen LogP contribution in [0.15, 0.2) is 65.5 Å². The second-order valence-electron chi connectivity index (χ2n) is 10.1. The molecule has 5 rings (SSSR count). The summed E-state index contributed by atoms with van der Waals surface area (Å²) in [6.07, 6.45) is 0.941. The van der Waals surface area contributed by atoms with Gasteiger partial charge in [-0.05, 0) is 62.6 Å². The molecule has 3 heterocycles. The van der Waals surface area contributed by atoms with Crippen molar-refractivity contribution in [1.82, 2.24) is 14.7 Å². The van der Waals surface area contributed by atoms with E-state index >= 15 is 0 Å². The summed E-state index contributed by atoms with van der Waals surface area (Å²) in [5.74, 6) is -0.248. The molecular weight excluding hydrogens is 466 g/mol. The zero-order chi connectivity index (χ0) is 26.1. The molecule has 2 atom stereocenters. The first-order valence-electron chi connectivity index (χ1n) is 12.9. The second-order valence-corrected chi connectivity index (χ2v) is 10.1. The Morgan fingerprint density at radius 2 is 1.78 bits per heavy atom. The predicted octanol–water partition coefficient (Wildman–Crippen LogP) is 3.27. The molecule has 0 saturated carbocycles. The molecule has 2 aliphatic heterocycles. The maximum absolute atomic E-state index is 13.3. The first-order valence-corrected chi connectivity index (χ1v) is 12.9. The van der Waals surface area contributed by atoms with Gasteiger partial charge in [0.1, 0.15) is 5.69 Å². The summed E-state index contributed by atoms with van der Waals surface area (Å²) in [5, 5.41) is 4.35. The number of carbonyl (C=O) groups is 2. The van der Waals surface area contributed by atoms with Crippen molar-refractivity contribution in [2.75, 3.05) is 29.4 Å². The molecule has 2 amide bonds. The fourth-order valence-corrected chi connectivity index (χ4v) is 5.46. The minimum absolute atomic E-state index is 0.00844. The number of benzene rings is 2. The summed E-state index contributed by atoms with van der Waals surface area (Å²) < 4.78 is 1.24. The van der Waals surface area contributed by atoms with E-state index in [2.05, 4.69) is 48.1 Å². The van der Waals surface area contributed by atoms with Gasteiger partial charge in [0.15, 0.2) is 0 Å². The fourth-order valence-electron chi connectivity index (χ4n) is 5.46. The standard InChI is InChI=1S/C29H33N5O3/c1-20-7-6-9-24(17-20)32-16-15-31(19-22(32)3)27(35)13-14-33-28(36)12-11-25(30-33)29(37)34-21(2)18-23-8-4-5-10-26(23)34/h4-12,17,21-22H,13-16,18-19H2,1-3H3/t21-,22-/m1/s1. The van der Waals surface area contributed by atoms with Crippen LogP contribution >= 0.6 is 0 Å². The van der Waals surface area contributed by atoms with Gasteiger partial charge in [-0.15, -0.1) is 0 Å². The van der Waals surface area contributed by atoms with Crippen molar-refractivity contribution in [1.29, 1.82) is 0 Å². The Kier molecular flexibility index (Phi) is 6.82. The number of aromatic nitrogens is 2. The van der Waals surface area contributed by atoms with Gasteiger partial charge in [-0.25, -0.2) is 4.68 Å². The number of para-hydroxylation sites is 1. The molecule has 0 spiro atoms. The van der Waals surface area contributed by atoms with E-state index in [-0.39, 0.29) is 48.1 Å². The number of carbonyl (C=O) groups excluding carboxylic acids is 2. The van der Waals surface area contributed by atoms with Crippen LogP contribution in [-0.2, 0) is 17.8 Å². The summed E-state index contributed by atoms with van der Waals surface area (Å²) in [7, 11) is 0. The maximum atomic E-state index is 13.3. The van der Waals surface area contributed by atoms with Crippen molar-refractivity contribution < 1.29 is 9.59 Å². The van der Waals surface area contributed by atoms with Crippen molar-refractivity contribution >= 4 is 23.2 Å². The summed E-state index contributed by atoms with van der Waals surface area (Å²) in [5.41, 5.74) is 4.28. The lowest BCUT2D eigenvalue weighted by Gasteiger charge is -2.41. The topological polar surface area (TPSA) is 78.8 Å². The zero-order valence-electron chi connectivity index (χ0n) is 21.6.